The smallest absolute Gasteiger partial charge is 0.274 e. The lowest BCUT2D eigenvalue weighted by Gasteiger charge is -2.17. The third-order valence-electron chi connectivity index (χ3n) is 2.43. The van der Waals surface area contributed by atoms with Gasteiger partial charge in [0.05, 0.1) is 17.7 Å². The lowest BCUT2D eigenvalue weighted by molar-refractivity contribution is 0.363. The van der Waals surface area contributed by atoms with Gasteiger partial charge in [0.1, 0.15) is 5.25 Å². The van der Waals surface area contributed by atoms with E-state index in [9.17, 15) is 30.4 Å². The molecule has 0 aliphatic heterocycles. The fourth-order valence-corrected chi connectivity index (χ4v) is 2.49. The summed E-state index contributed by atoms with van der Waals surface area (Å²) in [5, 5.41) is 14.1. The van der Waals surface area contributed by atoms with Crippen molar-refractivity contribution < 1.29 is 34.9 Å². The van der Waals surface area contributed by atoms with E-state index in [-0.39, 0.29) is 0 Å². The summed E-state index contributed by atoms with van der Waals surface area (Å²) in [6, 6.07) is 1.99. The topological polar surface area (TPSA) is 102 Å². The number of hydrogen-bond donors (Lipinski definition) is 1. The van der Waals surface area contributed by atoms with Crippen molar-refractivity contribution in [3.05, 3.63) is 34.6 Å². The number of halogens is 5. The van der Waals surface area contributed by atoms with Gasteiger partial charge in [-0.05, 0) is 0 Å². The van der Waals surface area contributed by atoms with Crippen LogP contribution in [-0.2, 0) is 10.1 Å². The summed E-state index contributed by atoms with van der Waals surface area (Å²) in [4.78, 5) is 0. The zero-order chi connectivity index (χ0) is 16.5. The molecule has 112 valence electrons. The van der Waals surface area contributed by atoms with Gasteiger partial charge < -0.3 is 0 Å². The molecule has 0 aliphatic carbocycles. The van der Waals surface area contributed by atoms with Crippen molar-refractivity contribution in [1.29, 1.82) is 10.5 Å². The second kappa shape index (κ2) is 5.63. The maximum atomic E-state index is 13.5. The van der Waals surface area contributed by atoms with Crippen molar-refractivity contribution in [1.82, 2.24) is 0 Å². The van der Waals surface area contributed by atoms with Gasteiger partial charge >= 0.3 is 0 Å². The number of nitriles is 2. The molecule has 0 spiro atoms. The molecule has 1 aromatic carbocycles. The molecule has 0 fully saturated rings. The van der Waals surface area contributed by atoms with E-state index in [0.29, 0.717) is 0 Å². The molecule has 0 heterocycles. The highest BCUT2D eigenvalue weighted by atomic mass is 32.2. The molecule has 0 radical (unpaired) electrons. The molecule has 1 unspecified atom stereocenters. The first kappa shape index (κ1) is 16.8. The van der Waals surface area contributed by atoms with Gasteiger partial charge in [-0.15, -0.1) is 0 Å². The highest BCUT2D eigenvalue weighted by molar-refractivity contribution is 7.86. The Labute approximate surface area is 114 Å². The molecule has 0 aliphatic rings. The van der Waals surface area contributed by atoms with Gasteiger partial charge in [-0.3, -0.25) is 4.55 Å². The van der Waals surface area contributed by atoms with Crippen LogP contribution < -0.4 is 0 Å². The minimum absolute atomic E-state index is 0.993. The van der Waals surface area contributed by atoms with Crippen LogP contribution >= 0.6 is 0 Å². The number of nitrogens with zero attached hydrogens (tertiary/aromatic N) is 2. The summed E-state index contributed by atoms with van der Waals surface area (Å²) in [7, 11) is -5.51. The molecule has 0 aromatic heterocycles. The predicted molar refractivity (Wildman–Crippen MR) is 55.2 cm³/mol. The van der Waals surface area contributed by atoms with Crippen LogP contribution in [0.25, 0.3) is 0 Å². The molecule has 0 amide bonds. The van der Waals surface area contributed by atoms with Gasteiger partial charge in [0.15, 0.2) is 29.2 Å². The monoisotopic (exact) mass is 326 g/mol. The van der Waals surface area contributed by atoms with Crippen LogP contribution in [0.1, 0.15) is 10.8 Å². The highest BCUT2D eigenvalue weighted by Gasteiger charge is 2.42. The van der Waals surface area contributed by atoms with Crippen LogP contribution in [0, 0.1) is 57.7 Å². The van der Waals surface area contributed by atoms with Crippen LogP contribution in [0.2, 0.25) is 0 Å². The molecular formula is C10H3F5N2O3S. The van der Waals surface area contributed by atoms with Crippen molar-refractivity contribution in [2.45, 2.75) is 5.25 Å². The quantitative estimate of drug-likeness (QED) is 0.396. The Bertz CT molecular complexity index is 738. The number of hydrogen-bond acceptors (Lipinski definition) is 4. The molecule has 5 nitrogen and oxygen atoms in total. The Morgan fingerprint density at radius 3 is 1.48 bits per heavy atom. The van der Waals surface area contributed by atoms with Gasteiger partial charge in [-0.2, -0.15) is 18.9 Å². The molecule has 0 bridgehead atoms. The van der Waals surface area contributed by atoms with E-state index in [4.69, 9.17) is 15.1 Å². The van der Waals surface area contributed by atoms with Gasteiger partial charge in [0, 0.05) is 0 Å². The number of benzene rings is 1. The first-order valence-corrected chi connectivity index (χ1v) is 6.35. The van der Waals surface area contributed by atoms with Crippen LogP contribution in [0.15, 0.2) is 0 Å². The second-order valence-corrected chi connectivity index (χ2v) is 5.19. The SMILES string of the molecule is N#CC(C#N)C(c1c(F)c(F)c(F)c(F)c1F)S(=O)(=O)O. The Kier molecular flexibility index (Phi) is 4.51. The van der Waals surface area contributed by atoms with Crippen molar-refractivity contribution in [3.8, 4) is 12.1 Å². The average molecular weight is 326 g/mol. The second-order valence-electron chi connectivity index (χ2n) is 3.66. The fourth-order valence-electron chi connectivity index (χ4n) is 1.52. The van der Waals surface area contributed by atoms with E-state index >= 15 is 0 Å². The Morgan fingerprint density at radius 2 is 1.19 bits per heavy atom. The van der Waals surface area contributed by atoms with Gasteiger partial charge in [0.25, 0.3) is 10.1 Å². The maximum absolute atomic E-state index is 13.5. The summed E-state index contributed by atoms with van der Waals surface area (Å²) < 4.78 is 96.9. The van der Waals surface area contributed by atoms with Crippen molar-refractivity contribution in [2.75, 3.05) is 0 Å². The van der Waals surface area contributed by atoms with Gasteiger partial charge in [-0.25, -0.2) is 22.0 Å². The van der Waals surface area contributed by atoms with Gasteiger partial charge in [0.2, 0.25) is 5.82 Å². The van der Waals surface area contributed by atoms with E-state index in [0.717, 1.165) is 12.1 Å². The fraction of sp³-hybridized carbons (Fsp3) is 0.200. The third-order valence-corrected chi connectivity index (χ3v) is 3.58. The Morgan fingerprint density at radius 1 is 0.857 bits per heavy atom. The zero-order valence-electron chi connectivity index (χ0n) is 9.61. The molecule has 21 heavy (non-hydrogen) atoms. The van der Waals surface area contributed by atoms with Crippen LogP contribution in [0.5, 0.6) is 0 Å². The summed E-state index contributed by atoms with van der Waals surface area (Å²) in [5.74, 6) is -15.0. The molecule has 11 heteroatoms. The molecule has 1 atom stereocenters. The lowest BCUT2D eigenvalue weighted by Crippen LogP contribution is -2.24. The number of rotatable bonds is 3. The molecule has 1 N–H and O–H groups in total. The van der Waals surface area contributed by atoms with Crippen molar-refractivity contribution in [2.24, 2.45) is 5.92 Å². The van der Waals surface area contributed by atoms with E-state index < -0.39 is 55.9 Å². The summed E-state index contributed by atoms with van der Waals surface area (Å²) >= 11 is 0. The minimum Gasteiger partial charge on any atom is -0.285 e. The standard InChI is InChI=1S/C10H3F5N2O3S/c11-5-4(6(12)8(14)9(15)7(5)13)10(21(18,19)20)3(1-16)2-17/h3,10H,(H,18,19,20). The largest absolute Gasteiger partial charge is 0.285 e. The van der Waals surface area contributed by atoms with Gasteiger partial charge in [-0.1, -0.05) is 0 Å². The highest BCUT2D eigenvalue weighted by Crippen LogP contribution is 2.36. The first-order chi connectivity index (χ1) is 9.57. The minimum atomic E-state index is -5.51. The zero-order valence-corrected chi connectivity index (χ0v) is 10.4. The Balaban J connectivity index is 3.87. The normalized spacial score (nSPS) is 12.8. The van der Waals surface area contributed by atoms with E-state index in [1.807, 2.05) is 0 Å². The van der Waals surface area contributed by atoms with Crippen LogP contribution in [0.4, 0.5) is 22.0 Å². The molecule has 1 aromatic rings. The van der Waals surface area contributed by atoms with E-state index in [1.165, 1.54) is 0 Å². The van der Waals surface area contributed by atoms with E-state index in [2.05, 4.69) is 0 Å². The summed E-state index contributed by atoms with van der Waals surface area (Å²) in [6.07, 6.45) is 0. The van der Waals surface area contributed by atoms with E-state index in [1.54, 1.807) is 0 Å². The van der Waals surface area contributed by atoms with Crippen LogP contribution in [-0.4, -0.2) is 13.0 Å². The predicted octanol–water partition coefficient (Wildman–Crippen LogP) is 1.97. The average Bonchev–Trinajstić information content (AvgIpc) is 2.41. The maximum Gasteiger partial charge on any atom is 0.274 e. The molecular weight excluding hydrogens is 323 g/mol. The van der Waals surface area contributed by atoms with Crippen LogP contribution in [0.3, 0.4) is 0 Å². The van der Waals surface area contributed by atoms with Crippen molar-refractivity contribution >= 4 is 10.1 Å². The molecule has 1 rings (SSSR count). The Hall–Kier alpha value is -2.24. The summed E-state index contributed by atoms with van der Waals surface area (Å²) in [6.45, 7) is 0. The summed E-state index contributed by atoms with van der Waals surface area (Å²) in [5.41, 5.74) is -1.97. The molecule has 0 saturated heterocycles. The van der Waals surface area contributed by atoms with Crippen molar-refractivity contribution in [3.63, 3.8) is 0 Å². The molecule has 0 saturated carbocycles. The third kappa shape index (κ3) is 2.79. The first-order valence-electron chi connectivity index (χ1n) is 4.84. The lowest BCUT2D eigenvalue weighted by atomic mass is 9.99.